The van der Waals surface area contributed by atoms with Crippen LogP contribution in [0.1, 0.15) is 183 Å². The van der Waals surface area contributed by atoms with E-state index in [-0.39, 0.29) is 106 Å². The maximum atomic E-state index is 15.8. The lowest BCUT2D eigenvalue weighted by molar-refractivity contribution is -0.184. The molecule has 7 aliphatic rings. The Balaban J connectivity index is 1.34. The molecule has 0 aromatic rings. The van der Waals surface area contributed by atoms with Crippen LogP contribution in [0, 0.1) is 35.0 Å². The van der Waals surface area contributed by atoms with Gasteiger partial charge in [0.25, 0.3) is 0 Å². The van der Waals surface area contributed by atoms with Gasteiger partial charge in [-0.15, -0.1) is 23.2 Å². The van der Waals surface area contributed by atoms with Gasteiger partial charge in [0.05, 0.1) is 49.6 Å². The fourth-order valence-electron chi connectivity index (χ4n) is 17.1. The molecule has 604 valence electrons. The molecule has 31 heteroatoms. The molecule has 4 aliphatic carbocycles. The third-order valence-corrected chi connectivity index (χ3v) is 25.2. The van der Waals surface area contributed by atoms with Gasteiger partial charge >= 0.3 is 6.18 Å². The highest BCUT2D eigenvalue weighted by Crippen LogP contribution is 2.50. The molecule has 0 aromatic heterocycles. The molecule has 3 heterocycles. The van der Waals surface area contributed by atoms with Gasteiger partial charge in [0.15, 0.2) is 0 Å². The van der Waals surface area contributed by atoms with E-state index in [2.05, 4.69) is 16.0 Å². The third-order valence-electron chi connectivity index (χ3n) is 24.1. The van der Waals surface area contributed by atoms with Crippen molar-refractivity contribution in [2.75, 3.05) is 96.3 Å². The Hall–Kier alpha value is -6.33. The number of methoxy groups -OCH3 is 1. The number of likely N-dealkylation sites (N-methyl/N-ethyl adjacent to an activating group) is 7. The van der Waals surface area contributed by atoms with E-state index >= 15 is 28.8 Å². The molecule has 3 aliphatic heterocycles. The summed E-state index contributed by atoms with van der Waals surface area (Å²) in [5.41, 5.74) is -2.17. The van der Waals surface area contributed by atoms with E-state index in [9.17, 15) is 41.9 Å². The fraction of sp³-hybridized carbons (Fsp3) is 0.816. The summed E-state index contributed by atoms with van der Waals surface area (Å²) in [7, 11) is 12.5. The number of nitrogens with one attached hydrogen (secondary N) is 3. The molecule has 107 heavy (non-hydrogen) atoms. The highest BCUT2D eigenvalue weighted by molar-refractivity contribution is 6.30. The van der Waals surface area contributed by atoms with Crippen LogP contribution in [0.25, 0.3) is 0 Å². The molecule has 0 aromatic carbocycles. The van der Waals surface area contributed by atoms with Crippen molar-refractivity contribution >= 4 is 94.1 Å². The SMILES string of the molecule is CCC(CC)[C@H]1C(=O)N(C)[C@H](C(=O)N(C)C)CC(=O)N(C)[C@@H](COC)C(=O)N[C@@H]([C@@H](C)CC)C(=O)N(C)CC(=O)N(C)[C@H]2C/C=C\CCN(C2=O)[C@@H](CC2CCC(C(F)(F)F)CC2)C(=O)N(C)CC(=O)N[C@@H](CCC2CCC(Cl)C(Cl)C2)C(=O)N2C[C@H](OC3CCC3)C[C@H]2C(=O)NC2(CC(C)(C)C2)C(=O)N1C. The predicted octanol–water partition coefficient (Wildman–Crippen LogP) is 6.12. The molecule has 2 bridgehead atoms. The Kier molecular flexibility index (Phi) is 31.3. The van der Waals surface area contributed by atoms with Crippen LogP contribution in [0.4, 0.5) is 13.2 Å². The first-order chi connectivity index (χ1) is 50.2. The van der Waals surface area contributed by atoms with Crippen molar-refractivity contribution in [3.8, 4) is 0 Å². The smallest absolute Gasteiger partial charge is 0.382 e. The lowest BCUT2D eigenvalue weighted by atomic mass is 9.58. The molecule has 12 amide bonds. The number of halogens is 5. The standard InChI is InChI=1S/C76H121Cl2F3N12O14/c1-16-45(4)63-71(103)87(10)41-62(96)88(11)55-25-20-19-21-34-92(70(55)102)58(36-47-26-30-49(31-27-47)76(79,80)81)69(101)86(9)40-60(94)82-54(33-29-46-28-32-52(77)53(78)35-46)67(99)93-39-51(107-50-23-22-24-50)37-56(93)66(98)84-75(43-74(5,6)44-75)73(105)91(14)64(48(17-2)18-3)72(104)90(13)57(68(100)85(7)8)38-61(95)89(12)59(42-106-15)65(97)83-63/h19-20,45-59,63-64H,16-18,21-44H2,1-15H3,(H,82,94)(H,83,97)(H,84,98)/b20-19-/t45-,46?,47?,49?,51+,52?,53?,54-,55-,56-,57-,58-,59-,63-,64-/m0/s1. The summed E-state index contributed by atoms with van der Waals surface area (Å²) in [5, 5.41) is 8.19. The number of fused-ring (bicyclic) bond motifs is 3. The van der Waals surface area contributed by atoms with Gasteiger partial charge in [-0.1, -0.05) is 73.0 Å². The molecular formula is C76H121Cl2F3N12O14. The van der Waals surface area contributed by atoms with Crippen LogP contribution in [0.2, 0.25) is 0 Å². The normalized spacial score (nSPS) is 31.7. The van der Waals surface area contributed by atoms with Crippen LogP contribution in [-0.2, 0) is 67.0 Å². The molecule has 13 atom stereocenters. The minimum Gasteiger partial charge on any atom is -0.382 e. The number of carbonyl (C=O) groups is 12. The van der Waals surface area contributed by atoms with Crippen LogP contribution in [0.5, 0.6) is 0 Å². The molecule has 6 fully saturated rings. The van der Waals surface area contributed by atoms with Crippen LogP contribution in [0.3, 0.4) is 0 Å². The molecule has 1 spiro atoms. The summed E-state index contributed by atoms with van der Waals surface area (Å²) in [6.45, 7) is 9.26. The Morgan fingerprint density at radius 3 is 1.87 bits per heavy atom. The minimum absolute atomic E-state index is 0.0131. The highest BCUT2D eigenvalue weighted by Gasteiger charge is 2.59. The summed E-state index contributed by atoms with van der Waals surface area (Å²) >= 11 is 13.3. The second kappa shape index (κ2) is 38.1. The lowest BCUT2D eigenvalue weighted by Crippen LogP contribution is -2.71. The average molecular weight is 1550 g/mol. The van der Waals surface area contributed by atoms with E-state index in [0.717, 1.165) is 43.8 Å². The topological polar surface area (TPSA) is 289 Å². The van der Waals surface area contributed by atoms with Crippen molar-refractivity contribution in [1.82, 2.24) is 60.0 Å². The quantitative estimate of drug-likeness (QED) is 0.123. The molecule has 3 N–H and O–H groups in total. The molecule has 0 radical (unpaired) electrons. The number of hydrogen-bond donors (Lipinski definition) is 3. The van der Waals surface area contributed by atoms with Gasteiger partial charge in [0.1, 0.15) is 53.9 Å². The largest absolute Gasteiger partial charge is 0.391 e. The summed E-state index contributed by atoms with van der Waals surface area (Å²) in [5.74, 6) is -11.7. The van der Waals surface area contributed by atoms with E-state index in [4.69, 9.17) is 32.7 Å². The van der Waals surface area contributed by atoms with Gasteiger partial charge < -0.3 is 69.5 Å². The zero-order valence-electron chi connectivity index (χ0n) is 65.7. The van der Waals surface area contributed by atoms with Crippen LogP contribution >= 0.6 is 23.2 Å². The van der Waals surface area contributed by atoms with Gasteiger partial charge in [-0.3, -0.25) is 57.5 Å². The maximum absolute atomic E-state index is 15.8. The minimum atomic E-state index is -4.45. The number of hydrogen-bond acceptors (Lipinski definition) is 14. The van der Waals surface area contributed by atoms with Crippen molar-refractivity contribution in [3.63, 3.8) is 0 Å². The number of alkyl halides is 5. The second-order valence-corrected chi connectivity index (χ2v) is 33.8. The number of nitrogens with zero attached hydrogens (tertiary/aromatic N) is 9. The summed E-state index contributed by atoms with van der Waals surface area (Å²) in [6, 6.07) is -10.8. The Morgan fingerprint density at radius 1 is 0.664 bits per heavy atom. The molecule has 26 nitrogen and oxygen atoms in total. The van der Waals surface area contributed by atoms with Gasteiger partial charge in [-0.05, 0) is 138 Å². The first-order valence-electron chi connectivity index (χ1n) is 38.7. The zero-order chi connectivity index (χ0) is 79.5. The zero-order valence-corrected chi connectivity index (χ0v) is 67.2. The third kappa shape index (κ3) is 21.6. The van der Waals surface area contributed by atoms with Crippen LogP contribution in [-0.4, -0.2) is 294 Å². The van der Waals surface area contributed by atoms with Crippen molar-refractivity contribution in [2.45, 2.75) is 266 Å². The lowest BCUT2D eigenvalue weighted by Gasteiger charge is -2.54. The van der Waals surface area contributed by atoms with E-state index < -0.39 is 192 Å². The van der Waals surface area contributed by atoms with Crippen LogP contribution < -0.4 is 16.0 Å². The monoisotopic (exact) mass is 1550 g/mol. The van der Waals surface area contributed by atoms with Crippen molar-refractivity contribution < 1.29 is 80.2 Å². The van der Waals surface area contributed by atoms with Gasteiger partial charge in [0.2, 0.25) is 70.9 Å². The first-order valence-corrected chi connectivity index (χ1v) is 39.5. The van der Waals surface area contributed by atoms with E-state index in [1.165, 1.54) is 83.1 Å². The number of rotatable bonds is 15. The van der Waals surface area contributed by atoms with Gasteiger partial charge in [-0.2, -0.15) is 13.2 Å². The predicted molar refractivity (Wildman–Crippen MR) is 396 cm³/mol. The van der Waals surface area contributed by atoms with Crippen molar-refractivity contribution in [2.24, 2.45) is 35.0 Å². The Bertz CT molecular complexity index is 3200. The summed E-state index contributed by atoms with van der Waals surface area (Å²) in [6.07, 6.45) is 3.39. The molecule has 2 saturated heterocycles. The van der Waals surface area contributed by atoms with Crippen molar-refractivity contribution in [3.05, 3.63) is 12.2 Å². The molecule has 3 unspecified atom stereocenters. The average Bonchev–Trinajstić information content (AvgIpc) is 1.30. The number of carbonyl (C=O) groups excluding carboxylic acids is 12. The van der Waals surface area contributed by atoms with E-state index in [0.29, 0.717) is 44.9 Å². The Labute approximate surface area is 640 Å². The van der Waals surface area contributed by atoms with Gasteiger partial charge in [0, 0.05) is 88.4 Å². The van der Waals surface area contributed by atoms with E-state index in [1.807, 2.05) is 27.7 Å². The second-order valence-electron chi connectivity index (χ2n) is 32.7. The molecule has 4 saturated carbocycles. The highest BCUT2D eigenvalue weighted by atomic mass is 35.5. The van der Waals surface area contributed by atoms with Gasteiger partial charge in [-0.25, -0.2) is 0 Å². The maximum Gasteiger partial charge on any atom is 0.391 e. The Morgan fingerprint density at radius 2 is 1.30 bits per heavy atom. The van der Waals surface area contributed by atoms with E-state index in [1.54, 1.807) is 26.0 Å². The van der Waals surface area contributed by atoms with Crippen molar-refractivity contribution in [1.29, 1.82) is 0 Å². The first kappa shape index (κ1) is 87.9. The number of ether oxygens (including phenoxy) is 2. The van der Waals surface area contributed by atoms with Crippen LogP contribution in [0.15, 0.2) is 12.2 Å². The molecule has 7 rings (SSSR count). The molecular weight excluding hydrogens is 1430 g/mol. The summed E-state index contributed by atoms with van der Waals surface area (Å²) < 4.78 is 54.6. The number of amides is 12. The fourth-order valence-corrected chi connectivity index (χ4v) is 17.7. The summed E-state index contributed by atoms with van der Waals surface area (Å²) in [4.78, 5) is 193.